The molecule has 1 amide bonds. The van der Waals surface area contributed by atoms with Gasteiger partial charge in [-0.1, -0.05) is 12.1 Å². The van der Waals surface area contributed by atoms with E-state index in [2.05, 4.69) is 4.90 Å². The average molecular weight is 401 g/mol. The molecule has 158 valence electrons. The van der Waals surface area contributed by atoms with E-state index in [9.17, 15) is 4.79 Å². The first-order valence-electron chi connectivity index (χ1n) is 10.6. The molecule has 4 rings (SSSR count). The van der Waals surface area contributed by atoms with E-state index >= 15 is 0 Å². The molecule has 2 fully saturated rings. The number of benzene rings is 1. The van der Waals surface area contributed by atoms with E-state index < -0.39 is 0 Å². The molecule has 29 heavy (non-hydrogen) atoms. The molecule has 1 aromatic carbocycles. The third-order valence-corrected chi connectivity index (χ3v) is 6.84. The third-order valence-electron chi connectivity index (χ3n) is 6.84. The van der Waals surface area contributed by atoms with Gasteiger partial charge in [-0.05, 0) is 56.5 Å². The van der Waals surface area contributed by atoms with Crippen LogP contribution < -0.4 is 0 Å². The second-order valence-corrected chi connectivity index (χ2v) is 8.33. The molecule has 2 aromatic rings. The summed E-state index contributed by atoms with van der Waals surface area (Å²) in [6.07, 6.45) is 6.30. The van der Waals surface area contributed by atoms with Crippen molar-refractivity contribution in [3.63, 3.8) is 0 Å². The summed E-state index contributed by atoms with van der Waals surface area (Å²) in [4.78, 5) is 17.8. The highest BCUT2D eigenvalue weighted by atomic mass is 16.5. The zero-order chi connectivity index (χ0) is 20.4. The predicted octanol–water partition coefficient (Wildman–Crippen LogP) is 3.09. The number of methoxy groups -OCH3 is 2. The summed E-state index contributed by atoms with van der Waals surface area (Å²) in [5, 5.41) is 1.02. The molecule has 1 aromatic heterocycles. The molecule has 0 unspecified atom stereocenters. The smallest absolute Gasteiger partial charge is 0.227 e. The molecule has 4 atom stereocenters. The van der Waals surface area contributed by atoms with Crippen LogP contribution in [0, 0.1) is 0 Å². The first kappa shape index (κ1) is 20.4. The molecule has 1 saturated carbocycles. The fourth-order valence-corrected chi connectivity index (χ4v) is 5.16. The topological polar surface area (TPSA) is 55.2 Å². The summed E-state index contributed by atoms with van der Waals surface area (Å²) in [5.41, 5.74) is 1.84. The van der Waals surface area contributed by atoms with Gasteiger partial charge in [0.25, 0.3) is 0 Å². The predicted molar refractivity (Wildman–Crippen MR) is 112 cm³/mol. The number of hydrogen-bond donors (Lipinski definition) is 0. The van der Waals surface area contributed by atoms with Crippen molar-refractivity contribution in [2.75, 3.05) is 34.4 Å². The van der Waals surface area contributed by atoms with Crippen LogP contribution in [0.15, 0.2) is 34.9 Å². The number of ether oxygens (including phenoxy) is 2. The maximum absolute atomic E-state index is 13.3. The number of hydrogen-bond acceptors (Lipinski definition) is 5. The number of likely N-dealkylation sites (N-methyl/N-ethyl adjacent to an activating group) is 1. The maximum Gasteiger partial charge on any atom is 0.227 e. The van der Waals surface area contributed by atoms with Gasteiger partial charge >= 0.3 is 0 Å². The van der Waals surface area contributed by atoms with Crippen LogP contribution in [0.4, 0.5) is 0 Å². The Hall–Kier alpha value is -1.89. The summed E-state index contributed by atoms with van der Waals surface area (Å²) in [6.45, 7) is 2.21. The number of likely N-dealkylation sites (tertiary alicyclic amines) is 1. The van der Waals surface area contributed by atoms with Crippen LogP contribution in [0.1, 0.15) is 31.2 Å². The highest BCUT2D eigenvalue weighted by molar-refractivity contribution is 5.87. The molecule has 1 saturated heterocycles. The number of amides is 1. The summed E-state index contributed by atoms with van der Waals surface area (Å²) in [5.74, 6) is 0.138. The van der Waals surface area contributed by atoms with Gasteiger partial charge in [0, 0.05) is 38.7 Å². The van der Waals surface area contributed by atoms with Crippen LogP contribution in [-0.4, -0.2) is 74.4 Å². The third kappa shape index (κ3) is 4.06. The van der Waals surface area contributed by atoms with Gasteiger partial charge in [0.05, 0.1) is 24.9 Å². The SMILES string of the molecule is CO[C@H]1C[C@@H](N(C)C(=O)Cc2cccc3occc23)[C@H](N2CCCC2)C[C@H]1OC. The fraction of sp³-hybridized carbons (Fsp3) is 0.609. The van der Waals surface area contributed by atoms with E-state index in [0.717, 1.165) is 42.5 Å². The van der Waals surface area contributed by atoms with E-state index in [4.69, 9.17) is 13.9 Å². The van der Waals surface area contributed by atoms with E-state index in [0.29, 0.717) is 12.5 Å². The minimum absolute atomic E-state index is 0.0106. The van der Waals surface area contributed by atoms with Crippen LogP contribution in [-0.2, 0) is 20.7 Å². The zero-order valence-electron chi connectivity index (χ0n) is 17.7. The van der Waals surface area contributed by atoms with Gasteiger partial charge in [-0.3, -0.25) is 9.69 Å². The number of carbonyl (C=O) groups excluding carboxylic acids is 1. The Morgan fingerprint density at radius 1 is 1.14 bits per heavy atom. The van der Waals surface area contributed by atoms with Crippen molar-refractivity contribution in [1.82, 2.24) is 9.80 Å². The molecule has 6 nitrogen and oxygen atoms in total. The minimum Gasteiger partial charge on any atom is -0.464 e. The Morgan fingerprint density at radius 2 is 1.86 bits per heavy atom. The summed E-state index contributed by atoms with van der Waals surface area (Å²) >= 11 is 0. The normalized spacial score (nSPS) is 28.1. The summed E-state index contributed by atoms with van der Waals surface area (Å²) in [7, 11) is 5.45. The second-order valence-electron chi connectivity index (χ2n) is 8.33. The summed E-state index contributed by atoms with van der Waals surface area (Å²) < 4.78 is 17.0. The van der Waals surface area contributed by atoms with Crippen molar-refractivity contribution in [3.05, 3.63) is 36.1 Å². The molecular formula is C23H32N2O4. The van der Waals surface area contributed by atoms with E-state index in [1.54, 1.807) is 20.5 Å². The lowest BCUT2D eigenvalue weighted by atomic mass is 9.84. The van der Waals surface area contributed by atoms with Crippen molar-refractivity contribution in [2.45, 2.75) is 56.4 Å². The van der Waals surface area contributed by atoms with Crippen molar-refractivity contribution < 1.29 is 18.7 Å². The summed E-state index contributed by atoms with van der Waals surface area (Å²) in [6, 6.07) is 8.28. The van der Waals surface area contributed by atoms with Crippen LogP contribution in [0.3, 0.4) is 0 Å². The van der Waals surface area contributed by atoms with Gasteiger partial charge in [0.1, 0.15) is 5.58 Å². The lowest BCUT2D eigenvalue weighted by Crippen LogP contribution is -2.59. The van der Waals surface area contributed by atoms with Gasteiger partial charge in [-0.25, -0.2) is 0 Å². The van der Waals surface area contributed by atoms with Crippen molar-refractivity contribution in [3.8, 4) is 0 Å². The van der Waals surface area contributed by atoms with Gasteiger partial charge in [0.2, 0.25) is 5.91 Å². The Labute approximate surface area is 172 Å². The Balaban J connectivity index is 1.54. The van der Waals surface area contributed by atoms with Gasteiger partial charge in [0.15, 0.2) is 0 Å². The number of rotatable bonds is 6. The Bertz CT molecular complexity index is 829. The van der Waals surface area contributed by atoms with Gasteiger partial charge < -0.3 is 18.8 Å². The molecule has 6 heteroatoms. The van der Waals surface area contributed by atoms with Gasteiger partial charge in [-0.2, -0.15) is 0 Å². The molecule has 0 spiro atoms. The fourth-order valence-electron chi connectivity index (χ4n) is 5.16. The number of nitrogens with zero attached hydrogens (tertiary/aromatic N) is 2. The quantitative estimate of drug-likeness (QED) is 0.746. The molecule has 2 aliphatic rings. The molecule has 0 bridgehead atoms. The van der Waals surface area contributed by atoms with Gasteiger partial charge in [-0.15, -0.1) is 0 Å². The zero-order valence-corrected chi connectivity index (χ0v) is 17.7. The Kier molecular flexibility index (Phi) is 6.23. The number of furan rings is 1. The van der Waals surface area contributed by atoms with Crippen LogP contribution in [0.5, 0.6) is 0 Å². The molecule has 0 N–H and O–H groups in total. The first-order chi connectivity index (χ1) is 14.1. The van der Waals surface area contributed by atoms with Crippen LogP contribution in [0.2, 0.25) is 0 Å². The maximum atomic E-state index is 13.3. The van der Waals surface area contributed by atoms with Crippen LogP contribution >= 0.6 is 0 Å². The lowest BCUT2D eigenvalue weighted by Gasteiger charge is -2.47. The van der Waals surface area contributed by atoms with E-state index in [1.165, 1.54) is 12.8 Å². The minimum atomic E-state index is 0.0106. The van der Waals surface area contributed by atoms with Crippen molar-refractivity contribution >= 4 is 16.9 Å². The van der Waals surface area contributed by atoms with Crippen molar-refractivity contribution in [2.24, 2.45) is 0 Å². The molecule has 0 radical (unpaired) electrons. The molecule has 2 heterocycles. The average Bonchev–Trinajstić information content (AvgIpc) is 3.44. The van der Waals surface area contributed by atoms with E-state index in [1.807, 2.05) is 36.2 Å². The highest BCUT2D eigenvalue weighted by Gasteiger charge is 2.43. The first-order valence-corrected chi connectivity index (χ1v) is 10.6. The largest absolute Gasteiger partial charge is 0.464 e. The second kappa shape index (κ2) is 8.86. The van der Waals surface area contributed by atoms with Crippen LogP contribution in [0.25, 0.3) is 11.0 Å². The molecular weight excluding hydrogens is 368 g/mol. The van der Waals surface area contributed by atoms with Crippen molar-refractivity contribution in [1.29, 1.82) is 0 Å². The Morgan fingerprint density at radius 3 is 2.59 bits per heavy atom. The molecule has 1 aliphatic carbocycles. The van der Waals surface area contributed by atoms with E-state index in [-0.39, 0.29) is 24.2 Å². The number of fused-ring (bicyclic) bond motifs is 1. The molecule has 1 aliphatic heterocycles. The highest BCUT2D eigenvalue weighted by Crippen LogP contribution is 2.32. The standard InChI is InChI=1S/C23H32N2O4/c1-24(23(26)13-16-7-6-8-20-17(16)9-12-29-20)18-14-21(27-2)22(28-3)15-19(18)25-10-4-5-11-25/h6-9,12,18-19,21-22H,4-5,10-11,13-15H2,1-3H3/t18-,19-,21+,22-/m1/s1. The number of carbonyl (C=O) groups is 1. The lowest BCUT2D eigenvalue weighted by molar-refractivity contribution is -0.140. The monoisotopic (exact) mass is 400 g/mol.